The van der Waals surface area contributed by atoms with Crippen LogP contribution >= 0.6 is 0 Å². The first-order chi connectivity index (χ1) is 15.2. The van der Waals surface area contributed by atoms with Crippen molar-refractivity contribution < 1.29 is 24.3 Å². The van der Waals surface area contributed by atoms with Crippen LogP contribution in [0.4, 0.5) is 0 Å². The van der Waals surface area contributed by atoms with Crippen LogP contribution in [0.5, 0.6) is 0 Å². The van der Waals surface area contributed by atoms with Gasteiger partial charge in [0.1, 0.15) is 12.1 Å². The van der Waals surface area contributed by atoms with Crippen LogP contribution in [0.15, 0.2) is 30.5 Å². The molecule has 11 nitrogen and oxygen atoms in total. The minimum Gasteiger partial charge on any atom is -0.480 e. The molecule has 0 fully saturated rings. The van der Waals surface area contributed by atoms with Gasteiger partial charge >= 0.3 is 5.97 Å². The van der Waals surface area contributed by atoms with E-state index in [0.717, 1.165) is 16.5 Å². The van der Waals surface area contributed by atoms with Gasteiger partial charge in [-0.15, -0.1) is 0 Å². The van der Waals surface area contributed by atoms with Crippen molar-refractivity contribution >= 4 is 34.6 Å². The molecular formula is C21H30N6O5. The molecule has 1 aromatic heterocycles. The van der Waals surface area contributed by atoms with Crippen LogP contribution in [0.3, 0.4) is 0 Å². The lowest BCUT2D eigenvalue weighted by atomic mass is 10.0. The molecule has 3 atom stereocenters. The summed E-state index contributed by atoms with van der Waals surface area (Å²) in [6, 6.07) is 4.15. The third kappa shape index (κ3) is 7.06. The molecule has 3 amide bonds. The number of aliphatic carboxylic acids is 1. The van der Waals surface area contributed by atoms with Crippen LogP contribution in [-0.2, 0) is 25.6 Å². The van der Waals surface area contributed by atoms with Crippen molar-refractivity contribution in [1.82, 2.24) is 15.6 Å². The van der Waals surface area contributed by atoms with E-state index < -0.39 is 48.2 Å². The number of H-pyrrole nitrogens is 1. The van der Waals surface area contributed by atoms with E-state index in [9.17, 15) is 24.3 Å². The molecule has 2 aromatic rings. The molecule has 0 unspecified atom stereocenters. The number of carbonyl (C=O) groups excluding carboxylic acids is 3. The van der Waals surface area contributed by atoms with Gasteiger partial charge in [-0.05, 0) is 43.9 Å². The van der Waals surface area contributed by atoms with E-state index in [1.54, 1.807) is 6.20 Å². The first kappa shape index (κ1) is 24.8. The predicted octanol–water partition coefficient (Wildman–Crippen LogP) is -0.904. The SMILES string of the molecule is NCCCC[C@H](NC(=O)[C@@H](N)Cc1c[nH]c2ccccc12)C(=O)N[C@@H](CC(N)=O)C(=O)O. The molecule has 10 N–H and O–H groups in total. The van der Waals surface area contributed by atoms with Gasteiger partial charge in [0.25, 0.3) is 0 Å². The van der Waals surface area contributed by atoms with Crippen LogP contribution in [0, 0.1) is 0 Å². The van der Waals surface area contributed by atoms with Crippen LogP contribution < -0.4 is 27.8 Å². The summed E-state index contributed by atoms with van der Waals surface area (Å²) in [5.41, 5.74) is 18.4. The summed E-state index contributed by atoms with van der Waals surface area (Å²) in [4.78, 5) is 50.9. The highest BCUT2D eigenvalue weighted by Crippen LogP contribution is 2.18. The van der Waals surface area contributed by atoms with Crippen molar-refractivity contribution in [3.05, 3.63) is 36.0 Å². The maximum absolute atomic E-state index is 12.7. The number of unbranched alkanes of at least 4 members (excludes halogenated alkanes) is 1. The number of para-hydroxylation sites is 1. The van der Waals surface area contributed by atoms with E-state index in [2.05, 4.69) is 15.6 Å². The number of aromatic amines is 1. The Labute approximate surface area is 185 Å². The number of carbonyl (C=O) groups is 4. The summed E-state index contributed by atoms with van der Waals surface area (Å²) in [6.45, 7) is 0.405. The lowest BCUT2D eigenvalue weighted by molar-refractivity contribution is -0.143. The van der Waals surface area contributed by atoms with Gasteiger partial charge in [0, 0.05) is 17.1 Å². The van der Waals surface area contributed by atoms with E-state index in [-0.39, 0.29) is 12.8 Å². The van der Waals surface area contributed by atoms with Crippen molar-refractivity contribution in [2.75, 3.05) is 6.54 Å². The van der Waals surface area contributed by atoms with Gasteiger partial charge in [-0.3, -0.25) is 14.4 Å². The molecule has 0 radical (unpaired) electrons. The normalized spacial score (nSPS) is 13.8. The minimum absolute atomic E-state index is 0.234. The Morgan fingerprint density at radius 3 is 2.38 bits per heavy atom. The quantitative estimate of drug-likeness (QED) is 0.193. The van der Waals surface area contributed by atoms with E-state index in [1.165, 1.54) is 0 Å². The molecule has 11 heteroatoms. The van der Waals surface area contributed by atoms with Gasteiger partial charge in [-0.25, -0.2) is 4.79 Å². The Morgan fingerprint density at radius 1 is 1.03 bits per heavy atom. The number of rotatable bonds is 13. The van der Waals surface area contributed by atoms with Gasteiger partial charge in [-0.2, -0.15) is 0 Å². The fraction of sp³-hybridized carbons (Fsp3) is 0.429. The number of hydrogen-bond acceptors (Lipinski definition) is 6. The number of primary amides is 1. The Morgan fingerprint density at radius 2 is 1.72 bits per heavy atom. The molecule has 2 rings (SSSR count). The standard InChI is InChI=1S/C21H30N6O5/c22-8-4-3-7-16(20(30)27-17(21(31)32)10-18(24)28)26-19(29)14(23)9-12-11-25-15-6-2-1-5-13(12)15/h1-2,5-6,11,14,16-17,25H,3-4,7-10,22-23H2,(H2,24,28)(H,26,29)(H,27,30)(H,31,32)/t14-,16-,17-/m0/s1. The second-order valence-corrected chi connectivity index (χ2v) is 7.59. The summed E-state index contributed by atoms with van der Waals surface area (Å²) < 4.78 is 0. The average molecular weight is 447 g/mol. The lowest BCUT2D eigenvalue weighted by Gasteiger charge is -2.22. The van der Waals surface area contributed by atoms with Crippen molar-refractivity contribution in [3.63, 3.8) is 0 Å². The molecule has 0 saturated carbocycles. The highest BCUT2D eigenvalue weighted by Gasteiger charge is 2.28. The number of carboxylic acid groups (broad SMARTS) is 1. The lowest BCUT2D eigenvalue weighted by Crippen LogP contribution is -2.55. The fourth-order valence-electron chi connectivity index (χ4n) is 3.34. The van der Waals surface area contributed by atoms with Crippen molar-refractivity contribution in [2.24, 2.45) is 17.2 Å². The van der Waals surface area contributed by atoms with E-state index >= 15 is 0 Å². The highest BCUT2D eigenvalue weighted by atomic mass is 16.4. The molecule has 0 bridgehead atoms. The van der Waals surface area contributed by atoms with Gasteiger partial charge in [-0.1, -0.05) is 18.2 Å². The molecule has 174 valence electrons. The number of amides is 3. The first-order valence-corrected chi connectivity index (χ1v) is 10.4. The third-order valence-electron chi connectivity index (χ3n) is 5.05. The molecule has 0 aliphatic carbocycles. The molecular weight excluding hydrogens is 416 g/mol. The van der Waals surface area contributed by atoms with Crippen molar-refractivity contribution in [2.45, 2.75) is 50.2 Å². The molecule has 0 aliphatic rings. The Kier molecular flexibility index (Phi) is 9.17. The van der Waals surface area contributed by atoms with Gasteiger partial charge in [0.15, 0.2) is 0 Å². The summed E-state index contributed by atoms with van der Waals surface area (Å²) in [5, 5.41) is 15.0. The van der Waals surface area contributed by atoms with Crippen LogP contribution in [0.1, 0.15) is 31.2 Å². The number of hydrogen-bond donors (Lipinski definition) is 7. The zero-order valence-electron chi connectivity index (χ0n) is 17.7. The second kappa shape index (κ2) is 11.8. The third-order valence-corrected chi connectivity index (χ3v) is 5.05. The second-order valence-electron chi connectivity index (χ2n) is 7.59. The molecule has 0 spiro atoms. The molecule has 1 aromatic carbocycles. The smallest absolute Gasteiger partial charge is 0.326 e. The maximum Gasteiger partial charge on any atom is 0.326 e. The van der Waals surface area contributed by atoms with E-state index in [4.69, 9.17) is 17.2 Å². The highest BCUT2D eigenvalue weighted by molar-refractivity contribution is 5.93. The van der Waals surface area contributed by atoms with Crippen LogP contribution in [0.2, 0.25) is 0 Å². The Hall–Kier alpha value is -3.44. The molecule has 0 aliphatic heterocycles. The number of carboxylic acids is 1. The van der Waals surface area contributed by atoms with Crippen molar-refractivity contribution in [3.8, 4) is 0 Å². The summed E-state index contributed by atoms with van der Waals surface area (Å²) in [6.07, 6.45) is 2.84. The van der Waals surface area contributed by atoms with Crippen molar-refractivity contribution in [1.29, 1.82) is 0 Å². The summed E-state index contributed by atoms with van der Waals surface area (Å²) in [5.74, 6) is -3.56. The largest absolute Gasteiger partial charge is 0.480 e. The van der Waals surface area contributed by atoms with Gasteiger partial charge < -0.3 is 37.9 Å². The zero-order valence-corrected chi connectivity index (χ0v) is 17.7. The average Bonchev–Trinajstić information content (AvgIpc) is 3.15. The number of aromatic nitrogens is 1. The first-order valence-electron chi connectivity index (χ1n) is 10.4. The Balaban J connectivity index is 2.06. The van der Waals surface area contributed by atoms with E-state index in [1.807, 2.05) is 24.3 Å². The van der Waals surface area contributed by atoms with E-state index in [0.29, 0.717) is 19.4 Å². The van der Waals surface area contributed by atoms with Gasteiger partial charge in [0.2, 0.25) is 17.7 Å². The zero-order chi connectivity index (χ0) is 23.7. The number of benzene rings is 1. The fourth-order valence-corrected chi connectivity index (χ4v) is 3.34. The number of fused-ring (bicyclic) bond motifs is 1. The van der Waals surface area contributed by atoms with Crippen LogP contribution in [-0.4, -0.2) is 58.5 Å². The molecule has 1 heterocycles. The number of nitrogens with one attached hydrogen (secondary N) is 3. The van der Waals surface area contributed by atoms with Crippen LogP contribution in [0.25, 0.3) is 10.9 Å². The molecule has 32 heavy (non-hydrogen) atoms. The monoisotopic (exact) mass is 446 g/mol. The maximum atomic E-state index is 12.7. The number of nitrogens with two attached hydrogens (primary N) is 3. The summed E-state index contributed by atoms with van der Waals surface area (Å²) >= 11 is 0. The predicted molar refractivity (Wildman–Crippen MR) is 118 cm³/mol. The topological polar surface area (TPSA) is 206 Å². The minimum atomic E-state index is -1.49. The summed E-state index contributed by atoms with van der Waals surface area (Å²) in [7, 11) is 0. The van der Waals surface area contributed by atoms with Gasteiger partial charge in [0.05, 0.1) is 12.5 Å². The molecule has 0 saturated heterocycles. The Bertz CT molecular complexity index is 959.